The van der Waals surface area contributed by atoms with Crippen molar-refractivity contribution in [1.29, 1.82) is 0 Å². The average Bonchev–Trinajstić information content (AvgIpc) is 3.03. The Morgan fingerprint density at radius 2 is 2.11 bits per heavy atom. The fourth-order valence-electron chi connectivity index (χ4n) is 3.05. The maximum Gasteiger partial charge on any atom is 0.192 e. The maximum atomic E-state index is 4.67. The van der Waals surface area contributed by atoms with Gasteiger partial charge in [-0.1, -0.05) is 12.1 Å². The highest BCUT2D eigenvalue weighted by atomic mass is 127. The Bertz CT molecular complexity index is 765. The Kier molecular flexibility index (Phi) is 8.68. The van der Waals surface area contributed by atoms with Crippen molar-refractivity contribution in [2.45, 2.75) is 32.4 Å². The van der Waals surface area contributed by atoms with Crippen LogP contribution in [0.1, 0.15) is 24.5 Å². The van der Waals surface area contributed by atoms with Gasteiger partial charge in [0.05, 0.1) is 0 Å². The maximum absolute atomic E-state index is 4.67. The number of nitrogens with one attached hydrogen (secondary N) is 2. The highest BCUT2D eigenvalue weighted by Gasteiger charge is 2.20. The molecule has 0 bridgehead atoms. The van der Waals surface area contributed by atoms with E-state index in [9.17, 15) is 0 Å². The summed E-state index contributed by atoms with van der Waals surface area (Å²) in [6, 6.07) is 6.42. The summed E-state index contributed by atoms with van der Waals surface area (Å²) in [6.45, 7) is 8.81. The van der Waals surface area contributed by atoms with Crippen molar-refractivity contribution >= 4 is 35.8 Å². The second-order valence-corrected chi connectivity index (χ2v) is 6.65. The van der Waals surface area contributed by atoms with Crippen molar-refractivity contribution in [1.82, 2.24) is 30.4 Å². The Hall–Kier alpha value is -2.17. The molecule has 3 rings (SSSR count). The topological polar surface area (TPSA) is 83.3 Å². The van der Waals surface area contributed by atoms with E-state index in [2.05, 4.69) is 48.4 Å². The van der Waals surface area contributed by atoms with Crippen molar-refractivity contribution in [3.05, 3.63) is 48.7 Å². The fraction of sp³-hybridized carbons (Fsp3) is 0.474. The van der Waals surface area contributed by atoms with Crippen LogP contribution in [0, 0.1) is 6.92 Å². The standard InChI is InChI=1S/C19H28N8.HI/c1-4-10-21-19(22-14-18-25-24-15(2)26(18)3)23-16-8-12-27(13-9-16)17-7-5-6-11-20-17;/h4-7,11,16H,1,8-10,12-14H2,2-3H3,(H2,21,22,23);1H. The Balaban J connectivity index is 0.00000280. The number of aryl methyl sites for hydroxylation is 1. The second-order valence-electron chi connectivity index (χ2n) is 6.65. The van der Waals surface area contributed by atoms with Crippen LogP contribution in [0.3, 0.4) is 0 Å². The van der Waals surface area contributed by atoms with Gasteiger partial charge >= 0.3 is 0 Å². The summed E-state index contributed by atoms with van der Waals surface area (Å²) in [5.74, 6) is 3.56. The first-order chi connectivity index (χ1) is 13.2. The van der Waals surface area contributed by atoms with E-state index < -0.39 is 0 Å². The molecule has 9 heteroatoms. The molecule has 0 aliphatic carbocycles. The molecular formula is C19H29IN8. The van der Waals surface area contributed by atoms with E-state index >= 15 is 0 Å². The number of guanidine groups is 1. The number of aromatic nitrogens is 4. The van der Waals surface area contributed by atoms with Gasteiger partial charge < -0.3 is 20.1 Å². The van der Waals surface area contributed by atoms with E-state index in [0.717, 1.165) is 49.4 Å². The molecule has 1 aliphatic heterocycles. The van der Waals surface area contributed by atoms with Crippen molar-refractivity contribution in [3.8, 4) is 0 Å². The van der Waals surface area contributed by atoms with Crippen LogP contribution < -0.4 is 15.5 Å². The summed E-state index contributed by atoms with van der Waals surface area (Å²) in [7, 11) is 1.96. The molecule has 0 amide bonds. The molecule has 0 saturated carbocycles. The lowest BCUT2D eigenvalue weighted by Crippen LogP contribution is -2.49. The molecule has 3 heterocycles. The zero-order chi connectivity index (χ0) is 19.1. The minimum Gasteiger partial charge on any atom is -0.356 e. The van der Waals surface area contributed by atoms with Crippen LogP contribution in [-0.4, -0.2) is 51.4 Å². The Morgan fingerprint density at radius 1 is 1.32 bits per heavy atom. The van der Waals surface area contributed by atoms with E-state index in [0.29, 0.717) is 19.1 Å². The van der Waals surface area contributed by atoms with E-state index in [1.54, 1.807) is 0 Å². The number of halogens is 1. The molecule has 8 nitrogen and oxygen atoms in total. The van der Waals surface area contributed by atoms with Crippen molar-refractivity contribution < 1.29 is 0 Å². The minimum absolute atomic E-state index is 0. The zero-order valence-electron chi connectivity index (χ0n) is 16.5. The smallest absolute Gasteiger partial charge is 0.192 e. The van der Waals surface area contributed by atoms with E-state index in [-0.39, 0.29) is 24.0 Å². The van der Waals surface area contributed by atoms with Gasteiger partial charge in [-0.2, -0.15) is 0 Å². The van der Waals surface area contributed by atoms with Gasteiger partial charge in [0.15, 0.2) is 11.8 Å². The molecule has 28 heavy (non-hydrogen) atoms. The summed E-state index contributed by atoms with van der Waals surface area (Å²) in [5.41, 5.74) is 0. The van der Waals surface area contributed by atoms with Crippen LogP contribution in [0.25, 0.3) is 0 Å². The number of pyridine rings is 1. The molecular weight excluding hydrogens is 467 g/mol. The van der Waals surface area contributed by atoms with Crippen molar-refractivity contribution in [3.63, 3.8) is 0 Å². The lowest BCUT2D eigenvalue weighted by Gasteiger charge is -2.33. The van der Waals surface area contributed by atoms with Crippen LogP contribution in [0.15, 0.2) is 42.0 Å². The SMILES string of the molecule is C=CCNC(=NCc1nnc(C)n1C)NC1CCN(c2ccccn2)CC1.I. The summed E-state index contributed by atoms with van der Waals surface area (Å²) in [6.07, 6.45) is 5.74. The molecule has 0 radical (unpaired) electrons. The largest absolute Gasteiger partial charge is 0.356 e. The number of anilines is 1. The quantitative estimate of drug-likeness (QED) is 0.276. The first kappa shape index (κ1) is 22.1. The lowest BCUT2D eigenvalue weighted by atomic mass is 10.1. The van der Waals surface area contributed by atoms with Crippen LogP contribution >= 0.6 is 24.0 Å². The molecule has 152 valence electrons. The van der Waals surface area contributed by atoms with E-state index in [4.69, 9.17) is 0 Å². The first-order valence-electron chi connectivity index (χ1n) is 9.34. The van der Waals surface area contributed by atoms with E-state index in [1.807, 2.05) is 42.9 Å². The third-order valence-corrected chi connectivity index (χ3v) is 4.78. The highest BCUT2D eigenvalue weighted by molar-refractivity contribution is 14.0. The molecule has 0 spiro atoms. The third kappa shape index (κ3) is 5.91. The van der Waals surface area contributed by atoms with Gasteiger partial charge in [-0.15, -0.1) is 40.8 Å². The molecule has 2 aromatic rings. The molecule has 0 aromatic carbocycles. The first-order valence-corrected chi connectivity index (χ1v) is 9.34. The number of aliphatic imine (C=N–C) groups is 1. The summed E-state index contributed by atoms with van der Waals surface area (Å²) in [4.78, 5) is 11.4. The number of nitrogens with zero attached hydrogens (tertiary/aromatic N) is 6. The van der Waals surface area contributed by atoms with Crippen LogP contribution in [0.2, 0.25) is 0 Å². The number of rotatable bonds is 6. The molecule has 0 unspecified atom stereocenters. The van der Waals surface area contributed by atoms with Crippen molar-refractivity contribution in [2.75, 3.05) is 24.5 Å². The molecule has 2 N–H and O–H groups in total. The summed E-state index contributed by atoms with van der Waals surface area (Å²) in [5, 5.41) is 15.1. The molecule has 2 aromatic heterocycles. The Morgan fingerprint density at radius 3 is 2.71 bits per heavy atom. The van der Waals surface area contributed by atoms with Gasteiger partial charge in [-0.25, -0.2) is 9.98 Å². The van der Waals surface area contributed by atoms with Gasteiger partial charge in [0.2, 0.25) is 0 Å². The number of hydrogen-bond donors (Lipinski definition) is 2. The molecule has 1 saturated heterocycles. The minimum atomic E-state index is 0. The molecule has 1 fully saturated rings. The predicted octanol–water partition coefficient (Wildman–Crippen LogP) is 2.03. The highest BCUT2D eigenvalue weighted by Crippen LogP contribution is 2.17. The fourth-order valence-corrected chi connectivity index (χ4v) is 3.05. The Labute approximate surface area is 183 Å². The van der Waals surface area contributed by atoms with Gasteiger partial charge in [-0.05, 0) is 31.9 Å². The summed E-state index contributed by atoms with van der Waals surface area (Å²) < 4.78 is 1.96. The lowest BCUT2D eigenvalue weighted by molar-refractivity contribution is 0.460. The summed E-state index contributed by atoms with van der Waals surface area (Å²) >= 11 is 0. The zero-order valence-corrected chi connectivity index (χ0v) is 18.8. The molecule has 1 aliphatic rings. The number of hydrogen-bond acceptors (Lipinski definition) is 5. The van der Waals surface area contributed by atoms with Crippen LogP contribution in [0.5, 0.6) is 0 Å². The van der Waals surface area contributed by atoms with Gasteiger partial charge in [0, 0.05) is 38.9 Å². The van der Waals surface area contributed by atoms with Crippen LogP contribution in [-0.2, 0) is 13.6 Å². The number of piperidine rings is 1. The van der Waals surface area contributed by atoms with Gasteiger partial charge in [-0.3, -0.25) is 0 Å². The monoisotopic (exact) mass is 496 g/mol. The third-order valence-electron chi connectivity index (χ3n) is 4.78. The normalized spacial score (nSPS) is 15.1. The van der Waals surface area contributed by atoms with Gasteiger partial charge in [0.25, 0.3) is 0 Å². The van der Waals surface area contributed by atoms with Crippen molar-refractivity contribution in [2.24, 2.45) is 12.0 Å². The predicted molar refractivity (Wildman–Crippen MR) is 123 cm³/mol. The second kappa shape index (κ2) is 11.0. The average molecular weight is 496 g/mol. The van der Waals surface area contributed by atoms with Gasteiger partial charge in [0.1, 0.15) is 18.2 Å². The van der Waals surface area contributed by atoms with E-state index in [1.165, 1.54) is 0 Å². The molecule has 0 atom stereocenters. The van der Waals surface area contributed by atoms with Crippen LogP contribution in [0.4, 0.5) is 5.82 Å².